The summed E-state index contributed by atoms with van der Waals surface area (Å²) in [4.78, 5) is 9.51. The molecule has 0 spiro atoms. The molecule has 3 heterocycles. The van der Waals surface area contributed by atoms with Gasteiger partial charge in [-0.2, -0.15) is 0 Å². The summed E-state index contributed by atoms with van der Waals surface area (Å²) in [6.45, 7) is 8.57. The molecule has 0 N–H and O–H groups in total. The standard InChI is InChI=1S/C20H23N5/c1-5-6-7-17-22-20-18-14(3)15(4)25(16-10-8-13(2)9-11-16)19(18)21-12-24(20)23-17/h8-12H,5-7H2,1-4H3. The maximum Gasteiger partial charge on any atom is 0.168 e. The van der Waals surface area contributed by atoms with Crippen molar-refractivity contribution < 1.29 is 0 Å². The molecule has 0 saturated heterocycles. The quantitative estimate of drug-likeness (QED) is 0.558. The molecule has 4 rings (SSSR count). The van der Waals surface area contributed by atoms with Crippen molar-refractivity contribution in [3.63, 3.8) is 0 Å². The Hall–Kier alpha value is -2.69. The van der Waals surface area contributed by atoms with Crippen molar-refractivity contribution in [1.82, 2.24) is 24.1 Å². The lowest BCUT2D eigenvalue weighted by Gasteiger charge is -2.08. The van der Waals surface area contributed by atoms with Crippen LogP contribution < -0.4 is 0 Å². The molecule has 0 saturated carbocycles. The van der Waals surface area contributed by atoms with Crippen molar-refractivity contribution in [3.05, 3.63) is 53.2 Å². The zero-order valence-corrected chi connectivity index (χ0v) is 15.2. The predicted octanol–water partition coefficient (Wildman–Crippen LogP) is 4.34. The first-order chi connectivity index (χ1) is 12.1. The molecular weight excluding hydrogens is 310 g/mol. The van der Waals surface area contributed by atoms with Gasteiger partial charge in [-0.25, -0.2) is 14.5 Å². The van der Waals surface area contributed by atoms with Gasteiger partial charge < -0.3 is 0 Å². The number of nitrogens with zero attached hydrogens (tertiary/aromatic N) is 5. The van der Waals surface area contributed by atoms with Crippen LogP contribution in [0.15, 0.2) is 30.6 Å². The van der Waals surface area contributed by atoms with Crippen LogP contribution in [0.2, 0.25) is 0 Å². The Morgan fingerprint density at radius 2 is 1.76 bits per heavy atom. The SMILES string of the molecule is CCCCc1nc2c3c(C)c(C)n(-c4ccc(C)cc4)c3ncn2n1. The molecule has 4 aromatic rings. The summed E-state index contributed by atoms with van der Waals surface area (Å²) in [6, 6.07) is 8.55. The van der Waals surface area contributed by atoms with Crippen LogP contribution in [-0.4, -0.2) is 24.1 Å². The van der Waals surface area contributed by atoms with E-state index in [-0.39, 0.29) is 0 Å². The van der Waals surface area contributed by atoms with Crippen molar-refractivity contribution in [2.45, 2.75) is 47.0 Å². The van der Waals surface area contributed by atoms with E-state index < -0.39 is 0 Å². The first-order valence-electron chi connectivity index (χ1n) is 8.89. The number of aromatic nitrogens is 5. The zero-order chi connectivity index (χ0) is 17.6. The molecule has 1 aromatic carbocycles. The minimum absolute atomic E-state index is 0.899. The van der Waals surface area contributed by atoms with Gasteiger partial charge in [0.1, 0.15) is 6.33 Å². The Labute approximate surface area is 147 Å². The highest BCUT2D eigenvalue weighted by Crippen LogP contribution is 2.29. The average molecular weight is 333 g/mol. The fraction of sp³-hybridized carbons (Fsp3) is 0.350. The molecule has 128 valence electrons. The molecule has 25 heavy (non-hydrogen) atoms. The van der Waals surface area contributed by atoms with Crippen LogP contribution >= 0.6 is 0 Å². The molecule has 0 amide bonds. The molecule has 0 aliphatic rings. The number of aryl methyl sites for hydroxylation is 3. The monoisotopic (exact) mass is 333 g/mol. The number of hydrogen-bond donors (Lipinski definition) is 0. The third kappa shape index (κ3) is 2.51. The number of hydrogen-bond acceptors (Lipinski definition) is 3. The smallest absolute Gasteiger partial charge is 0.168 e. The fourth-order valence-electron chi connectivity index (χ4n) is 3.36. The van der Waals surface area contributed by atoms with Crippen molar-refractivity contribution >= 4 is 16.7 Å². The van der Waals surface area contributed by atoms with Crippen molar-refractivity contribution in [2.24, 2.45) is 0 Å². The van der Waals surface area contributed by atoms with Crippen LogP contribution in [0, 0.1) is 20.8 Å². The largest absolute Gasteiger partial charge is 0.298 e. The normalized spacial score (nSPS) is 11.7. The van der Waals surface area contributed by atoms with Gasteiger partial charge in [0.05, 0.1) is 5.39 Å². The molecule has 0 aliphatic carbocycles. The average Bonchev–Trinajstić information content (AvgIpc) is 3.13. The van der Waals surface area contributed by atoms with Crippen LogP contribution in [0.1, 0.15) is 42.4 Å². The van der Waals surface area contributed by atoms with Crippen molar-refractivity contribution in [3.8, 4) is 5.69 Å². The third-order valence-electron chi connectivity index (χ3n) is 4.92. The summed E-state index contributed by atoms with van der Waals surface area (Å²) in [5.41, 5.74) is 6.63. The summed E-state index contributed by atoms with van der Waals surface area (Å²) in [7, 11) is 0. The molecule has 5 heteroatoms. The summed E-state index contributed by atoms with van der Waals surface area (Å²) in [5.74, 6) is 0.899. The maximum absolute atomic E-state index is 4.80. The second-order valence-electron chi connectivity index (χ2n) is 6.72. The van der Waals surface area contributed by atoms with Crippen LogP contribution in [-0.2, 0) is 6.42 Å². The van der Waals surface area contributed by atoms with Crippen molar-refractivity contribution in [1.29, 1.82) is 0 Å². The summed E-state index contributed by atoms with van der Waals surface area (Å²) in [6.07, 6.45) is 4.95. The molecular formula is C20H23N5. The van der Waals surface area contributed by atoms with Gasteiger partial charge >= 0.3 is 0 Å². The fourth-order valence-corrected chi connectivity index (χ4v) is 3.36. The highest BCUT2D eigenvalue weighted by atomic mass is 15.3. The number of benzene rings is 1. The lowest BCUT2D eigenvalue weighted by Crippen LogP contribution is -1.99. The van der Waals surface area contributed by atoms with E-state index in [2.05, 4.69) is 61.6 Å². The Kier molecular flexibility index (Phi) is 3.79. The van der Waals surface area contributed by atoms with E-state index in [0.717, 1.165) is 47.5 Å². The Balaban J connectivity index is 1.96. The van der Waals surface area contributed by atoms with E-state index in [1.54, 1.807) is 6.33 Å². The van der Waals surface area contributed by atoms with Crippen LogP contribution in [0.4, 0.5) is 0 Å². The number of rotatable bonds is 4. The number of unbranched alkanes of at least 4 members (excludes halogenated alkanes) is 1. The molecule has 0 atom stereocenters. The Bertz CT molecular complexity index is 1050. The molecule has 3 aromatic heterocycles. The summed E-state index contributed by atoms with van der Waals surface area (Å²) < 4.78 is 4.03. The topological polar surface area (TPSA) is 48.0 Å². The molecule has 5 nitrogen and oxygen atoms in total. The van der Waals surface area contributed by atoms with E-state index >= 15 is 0 Å². The highest BCUT2D eigenvalue weighted by molar-refractivity contribution is 5.94. The lowest BCUT2D eigenvalue weighted by atomic mass is 10.2. The van der Waals surface area contributed by atoms with Gasteiger partial charge in [0, 0.05) is 17.8 Å². The first kappa shape index (κ1) is 15.8. The van der Waals surface area contributed by atoms with Gasteiger partial charge in [-0.15, -0.1) is 5.10 Å². The van der Waals surface area contributed by atoms with Gasteiger partial charge in [0.15, 0.2) is 17.1 Å². The van der Waals surface area contributed by atoms with E-state index in [9.17, 15) is 0 Å². The lowest BCUT2D eigenvalue weighted by molar-refractivity contribution is 0.746. The minimum atomic E-state index is 0.899. The van der Waals surface area contributed by atoms with E-state index in [1.807, 2.05) is 4.52 Å². The third-order valence-corrected chi connectivity index (χ3v) is 4.92. The second-order valence-corrected chi connectivity index (χ2v) is 6.72. The first-order valence-corrected chi connectivity index (χ1v) is 8.89. The number of fused-ring (bicyclic) bond motifs is 3. The van der Waals surface area contributed by atoms with Gasteiger partial charge in [-0.1, -0.05) is 31.0 Å². The molecule has 0 unspecified atom stereocenters. The van der Waals surface area contributed by atoms with Crippen molar-refractivity contribution in [2.75, 3.05) is 0 Å². The minimum Gasteiger partial charge on any atom is -0.298 e. The summed E-state index contributed by atoms with van der Waals surface area (Å²) in [5, 5.41) is 5.69. The molecule has 0 radical (unpaired) electrons. The van der Waals surface area contributed by atoms with Gasteiger partial charge in [0.25, 0.3) is 0 Å². The van der Waals surface area contributed by atoms with Gasteiger partial charge in [-0.05, 0) is 44.9 Å². The Morgan fingerprint density at radius 1 is 1.00 bits per heavy atom. The molecule has 0 aliphatic heterocycles. The molecule has 0 bridgehead atoms. The summed E-state index contributed by atoms with van der Waals surface area (Å²) >= 11 is 0. The second kappa shape index (κ2) is 5.99. The Morgan fingerprint density at radius 3 is 2.48 bits per heavy atom. The van der Waals surface area contributed by atoms with E-state index in [4.69, 9.17) is 9.97 Å². The predicted molar refractivity (Wildman–Crippen MR) is 100 cm³/mol. The van der Waals surface area contributed by atoms with Crippen LogP contribution in [0.25, 0.3) is 22.4 Å². The van der Waals surface area contributed by atoms with E-state index in [1.165, 1.54) is 16.8 Å². The van der Waals surface area contributed by atoms with Gasteiger partial charge in [0.2, 0.25) is 0 Å². The zero-order valence-electron chi connectivity index (χ0n) is 15.2. The van der Waals surface area contributed by atoms with Gasteiger partial charge in [-0.3, -0.25) is 4.57 Å². The van der Waals surface area contributed by atoms with E-state index in [0.29, 0.717) is 0 Å². The van der Waals surface area contributed by atoms with Crippen LogP contribution in [0.3, 0.4) is 0 Å². The maximum atomic E-state index is 4.80. The van der Waals surface area contributed by atoms with Crippen LogP contribution in [0.5, 0.6) is 0 Å². The highest BCUT2D eigenvalue weighted by Gasteiger charge is 2.18. The molecule has 0 fully saturated rings.